The number of esters is 1. The van der Waals surface area contributed by atoms with Crippen molar-refractivity contribution in [2.45, 2.75) is 52.2 Å². The third kappa shape index (κ3) is 5.85. The molecule has 0 aliphatic carbocycles. The first-order valence-corrected chi connectivity index (χ1v) is 8.95. The second kappa shape index (κ2) is 8.48. The van der Waals surface area contributed by atoms with Crippen LogP contribution in [0, 0.1) is 11.8 Å². The Labute approximate surface area is 150 Å². The van der Waals surface area contributed by atoms with Crippen molar-refractivity contribution in [1.29, 1.82) is 0 Å². The molecule has 5 heteroatoms. The molecule has 0 unspecified atom stereocenters. The lowest BCUT2D eigenvalue weighted by Crippen LogP contribution is -2.46. The second-order valence-electron chi connectivity index (χ2n) is 7.70. The van der Waals surface area contributed by atoms with Gasteiger partial charge in [-0.05, 0) is 45.1 Å². The minimum absolute atomic E-state index is 0.0257. The summed E-state index contributed by atoms with van der Waals surface area (Å²) < 4.78 is 5.40. The van der Waals surface area contributed by atoms with Crippen molar-refractivity contribution >= 4 is 11.9 Å². The highest BCUT2D eigenvalue weighted by atomic mass is 16.6. The quantitative estimate of drug-likeness (QED) is 0.804. The van der Waals surface area contributed by atoms with Gasteiger partial charge in [0.25, 0.3) is 0 Å². The van der Waals surface area contributed by atoms with Gasteiger partial charge in [0.15, 0.2) is 0 Å². The molecule has 1 aromatic rings. The number of carbonyl (C=O) groups excluding carboxylic acids is 2. The zero-order chi connectivity index (χ0) is 18.4. The predicted molar refractivity (Wildman–Crippen MR) is 95.6 cm³/mol. The minimum atomic E-state index is -0.526. The first-order chi connectivity index (χ1) is 11.8. The first-order valence-electron chi connectivity index (χ1n) is 8.95. The standard InChI is InChI=1S/C20H29NO4/c1-20(2,3)25-18(23)13-16-9-11-21(19(24)17(16)10-12-22)14-15-7-5-4-6-8-15/h4-8,16-17,22H,9-14H2,1-3H3/t16-,17-/m1/s1. The Morgan fingerprint density at radius 1 is 1.28 bits per heavy atom. The van der Waals surface area contributed by atoms with Gasteiger partial charge in [0, 0.05) is 32.0 Å². The molecule has 1 saturated heterocycles. The summed E-state index contributed by atoms with van der Waals surface area (Å²) in [6.07, 6.45) is 1.37. The monoisotopic (exact) mass is 347 g/mol. The van der Waals surface area contributed by atoms with Crippen LogP contribution in [-0.4, -0.2) is 40.6 Å². The molecule has 2 atom stereocenters. The van der Waals surface area contributed by atoms with E-state index in [0.29, 0.717) is 19.5 Å². The number of aliphatic hydroxyl groups excluding tert-OH is 1. The maximum absolute atomic E-state index is 12.9. The van der Waals surface area contributed by atoms with Crippen molar-refractivity contribution in [2.75, 3.05) is 13.2 Å². The van der Waals surface area contributed by atoms with Crippen molar-refractivity contribution in [3.63, 3.8) is 0 Å². The van der Waals surface area contributed by atoms with Crippen LogP contribution in [0.25, 0.3) is 0 Å². The van der Waals surface area contributed by atoms with Gasteiger partial charge in [-0.1, -0.05) is 30.3 Å². The molecule has 1 N–H and O–H groups in total. The van der Waals surface area contributed by atoms with Crippen LogP contribution < -0.4 is 0 Å². The van der Waals surface area contributed by atoms with Crippen LogP contribution in [0.4, 0.5) is 0 Å². The number of aliphatic hydroxyl groups is 1. The zero-order valence-electron chi connectivity index (χ0n) is 15.4. The Kier molecular flexibility index (Phi) is 6.59. The summed E-state index contributed by atoms with van der Waals surface area (Å²) in [5.74, 6) is -0.640. The number of carbonyl (C=O) groups is 2. The number of piperidine rings is 1. The summed E-state index contributed by atoms with van der Waals surface area (Å²) >= 11 is 0. The molecule has 1 amide bonds. The topological polar surface area (TPSA) is 66.8 Å². The van der Waals surface area contributed by atoms with E-state index in [1.807, 2.05) is 56.0 Å². The fourth-order valence-corrected chi connectivity index (χ4v) is 3.37. The maximum atomic E-state index is 12.9. The predicted octanol–water partition coefficient (Wildman–Crippen LogP) is 2.77. The van der Waals surface area contributed by atoms with Crippen LogP contribution in [0.3, 0.4) is 0 Å². The zero-order valence-corrected chi connectivity index (χ0v) is 15.4. The molecule has 0 saturated carbocycles. The number of nitrogens with zero attached hydrogens (tertiary/aromatic N) is 1. The molecular formula is C20H29NO4. The van der Waals surface area contributed by atoms with Gasteiger partial charge in [-0.15, -0.1) is 0 Å². The van der Waals surface area contributed by atoms with E-state index >= 15 is 0 Å². The number of likely N-dealkylation sites (tertiary alicyclic amines) is 1. The Hall–Kier alpha value is -1.88. The summed E-state index contributed by atoms with van der Waals surface area (Å²) in [4.78, 5) is 26.8. The minimum Gasteiger partial charge on any atom is -0.460 e. The lowest BCUT2D eigenvalue weighted by atomic mass is 9.80. The fraction of sp³-hybridized carbons (Fsp3) is 0.600. The molecule has 0 bridgehead atoms. The van der Waals surface area contributed by atoms with E-state index in [1.54, 1.807) is 0 Å². The first kappa shape index (κ1) is 19.4. The van der Waals surface area contributed by atoms with Crippen LogP contribution in [0.15, 0.2) is 30.3 Å². The smallest absolute Gasteiger partial charge is 0.306 e. The fourth-order valence-electron chi connectivity index (χ4n) is 3.37. The number of rotatable bonds is 6. The molecule has 1 aliphatic heterocycles. The van der Waals surface area contributed by atoms with Gasteiger partial charge >= 0.3 is 5.97 Å². The average Bonchev–Trinajstić information content (AvgIpc) is 2.53. The third-order valence-corrected chi connectivity index (χ3v) is 4.47. The van der Waals surface area contributed by atoms with E-state index in [4.69, 9.17) is 4.74 Å². The molecule has 0 spiro atoms. The molecule has 2 rings (SSSR count). The molecule has 138 valence electrons. The summed E-state index contributed by atoms with van der Waals surface area (Å²) in [6, 6.07) is 9.87. The number of hydrogen-bond acceptors (Lipinski definition) is 4. The average molecular weight is 347 g/mol. The third-order valence-electron chi connectivity index (χ3n) is 4.47. The lowest BCUT2D eigenvalue weighted by molar-refractivity contribution is -0.158. The second-order valence-corrected chi connectivity index (χ2v) is 7.70. The van der Waals surface area contributed by atoms with Crippen LogP contribution >= 0.6 is 0 Å². The molecule has 5 nitrogen and oxygen atoms in total. The number of benzene rings is 1. The SMILES string of the molecule is CC(C)(C)OC(=O)C[C@H]1CCN(Cc2ccccc2)C(=O)[C@@H]1CCO. The summed E-state index contributed by atoms with van der Waals surface area (Å²) in [5, 5.41) is 9.36. The molecule has 1 aromatic carbocycles. The molecule has 1 heterocycles. The van der Waals surface area contributed by atoms with E-state index < -0.39 is 5.60 Å². The lowest BCUT2D eigenvalue weighted by Gasteiger charge is -2.38. The summed E-state index contributed by atoms with van der Waals surface area (Å²) in [7, 11) is 0. The molecule has 1 fully saturated rings. The molecule has 25 heavy (non-hydrogen) atoms. The van der Waals surface area contributed by atoms with Gasteiger partial charge in [-0.2, -0.15) is 0 Å². The van der Waals surface area contributed by atoms with Gasteiger partial charge in [-0.3, -0.25) is 9.59 Å². The summed E-state index contributed by atoms with van der Waals surface area (Å²) in [5.41, 5.74) is 0.561. The van der Waals surface area contributed by atoms with E-state index in [1.165, 1.54) is 0 Å². The van der Waals surface area contributed by atoms with Crippen LogP contribution in [0.1, 0.15) is 45.6 Å². The Balaban J connectivity index is 2.02. The highest BCUT2D eigenvalue weighted by Crippen LogP contribution is 2.31. The van der Waals surface area contributed by atoms with Crippen molar-refractivity contribution in [3.05, 3.63) is 35.9 Å². The van der Waals surface area contributed by atoms with Crippen molar-refractivity contribution < 1.29 is 19.4 Å². The van der Waals surface area contributed by atoms with E-state index in [9.17, 15) is 14.7 Å². The van der Waals surface area contributed by atoms with E-state index in [0.717, 1.165) is 12.0 Å². The molecule has 0 aromatic heterocycles. The van der Waals surface area contributed by atoms with E-state index in [2.05, 4.69) is 0 Å². The van der Waals surface area contributed by atoms with Crippen LogP contribution in [0.2, 0.25) is 0 Å². The van der Waals surface area contributed by atoms with Gasteiger partial charge in [0.1, 0.15) is 5.60 Å². The number of hydrogen-bond donors (Lipinski definition) is 1. The van der Waals surface area contributed by atoms with Gasteiger partial charge < -0.3 is 14.7 Å². The normalized spacial score (nSPS) is 21.3. The van der Waals surface area contributed by atoms with Crippen molar-refractivity contribution in [2.24, 2.45) is 11.8 Å². The van der Waals surface area contributed by atoms with Gasteiger partial charge in [-0.25, -0.2) is 0 Å². The Bertz CT molecular complexity index is 579. The van der Waals surface area contributed by atoms with Crippen LogP contribution in [-0.2, 0) is 20.9 Å². The highest BCUT2D eigenvalue weighted by Gasteiger charge is 2.37. The van der Waals surface area contributed by atoms with Crippen molar-refractivity contribution in [1.82, 2.24) is 4.90 Å². The highest BCUT2D eigenvalue weighted by molar-refractivity contribution is 5.81. The number of amides is 1. The molecule has 0 radical (unpaired) electrons. The van der Waals surface area contributed by atoms with Gasteiger partial charge in [0.2, 0.25) is 5.91 Å². The van der Waals surface area contributed by atoms with E-state index in [-0.39, 0.29) is 36.7 Å². The maximum Gasteiger partial charge on any atom is 0.306 e. The van der Waals surface area contributed by atoms with Gasteiger partial charge in [0.05, 0.1) is 0 Å². The summed E-state index contributed by atoms with van der Waals surface area (Å²) in [6.45, 7) is 6.65. The Morgan fingerprint density at radius 3 is 2.56 bits per heavy atom. The molecule has 1 aliphatic rings. The number of ether oxygens (including phenoxy) is 1. The van der Waals surface area contributed by atoms with Crippen molar-refractivity contribution in [3.8, 4) is 0 Å². The molecular weight excluding hydrogens is 318 g/mol. The Morgan fingerprint density at radius 2 is 1.96 bits per heavy atom. The van der Waals surface area contributed by atoms with Crippen LogP contribution in [0.5, 0.6) is 0 Å². The largest absolute Gasteiger partial charge is 0.460 e.